The minimum Gasteiger partial charge on any atom is -0.481 e. The van der Waals surface area contributed by atoms with Gasteiger partial charge in [0.15, 0.2) is 5.78 Å². The number of carboxylic acids is 1. The first-order valence-electron chi connectivity index (χ1n) is 8.13. The van der Waals surface area contributed by atoms with E-state index >= 15 is 0 Å². The Morgan fingerprint density at radius 3 is 2.42 bits per heavy atom. The highest BCUT2D eigenvalue weighted by molar-refractivity contribution is 6.06. The van der Waals surface area contributed by atoms with Crippen LogP contribution < -0.4 is 22.7 Å². The van der Waals surface area contributed by atoms with Gasteiger partial charge in [0, 0.05) is 18.4 Å². The summed E-state index contributed by atoms with van der Waals surface area (Å²) >= 11 is 0. The Morgan fingerprint density at radius 1 is 1.27 bits per heavy atom. The van der Waals surface area contributed by atoms with Gasteiger partial charge in [-0.15, -0.1) is 0 Å². The van der Waals surface area contributed by atoms with Crippen LogP contribution in [0.3, 0.4) is 0 Å². The number of rotatable bonds is 10. The van der Waals surface area contributed by atoms with E-state index in [0.29, 0.717) is 6.42 Å². The Labute approximate surface area is 150 Å². The maximum atomic E-state index is 12.3. The fourth-order valence-corrected chi connectivity index (χ4v) is 2.51. The average molecular weight is 364 g/mol. The highest BCUT2D eigenvalue weighted by Crippen LogP contribution is 2.34. The third-order valence-corrected chi connectivity index (χ3v) is 3.79. The quantitative estimate of drug-likeness (QED) is 0.0987. The molecule has 0 aromatic carbocycles. The summed E-state index contributed by atoms with van der Waals surface area (Å²) in [5.41, 5.74) is 14.2. The molecular weight excluding hydrogens is 340 g/mol. The summed E-state index contributed by atoms with van der Waals surface area (Å²) in [4.78, 5) is 44.0. The van der Waals surface area contributed by atoms with Crippen molar-refractivity contribution in [2.45, 2.75) is 39.5 Å². The van der Waals surface area contributed by atoms with Crippen LogP contribution in [-0.2, 0) is 16.0 Å². The van der Waals surface area contributed by atoms with Gasteiger partial charge in [0.2, 0.25) is 0 Å². The first-order chi connectivity index (χ1) is 12.3. The Kier molecular flexibility index (Phi) is 7.66. The summed E-state index contributed by atoms with van der Waals surface area (Å²) in [6.45, 7) is 3.41. The molecule has 0 aliphatic carbocycles. The molecule has 0 saturated heterocycles. The van der Waals surface area contributed by atoms with E-state index in [2.05, 4.69) is 15.4 Å². The van der Waals surface area contributed by atoms with Crippen molar-refractivity contribution in [2.75, 3.05) is 11.5 Å². The van der Waals surface area contributed by atoms with E-state index in [1.807, 2.05) is 0 Å². The number of nitrogens with two attached hydrogens (primary N) is 3. The second kappa shape index (κ2) is 9.47. The van der Waals surface area contributed by atoms with Crippen molar-refractivity contribution in [1.29, 1.82) is 0 Å². The molecule has 26 heavy (non-hydrogen) atoms. The highest BCUT2D eigenvalue weighted by Gasteiger charge is 2.30. The number of aromatic nitrogens is 1. The van der Waals surface area contributed by atoms with Crippen molar-refractivity contribution >= 4 is 41.2 Å². The van der Waals surface area contributed by atoms with Crippen LogP contribution in [0.25, 0.3) is 0 Å². The van der Waals surface area contributed by atoms with Crippen LogP contribution in [0.5, 0.6) is 0 Å². The molecule has 142 valence electrons. The zero-order chi connectivity index (χ0) is 19.9. The number of carboxylic acid groups (broad SMARTS) is 1. The molecule has 0 fully saturated rings. The number of Topliss-reactive ketones (excluding diaryl/α,β-unsaturated/α-hetero) is 2. The summed E-state index contributed by atoms with van der Waals surface area (Å²) in [5, 5.41) is 9.42. The molecule has 10 heteroatoms. The third-order valence-electron chi connectivity index (χ3n) is 3.79. The van der Waals surface area contributed by atoms with Crippen LogP contribution in [0.4, 0.5) is 17.3 Å². The number of carbonyl (C=O) groups excluding carboxylic acids is 2. The number of anilines is 2. The van der Waals surface area contributed by atoms with Crippen LogP contribution in [0.1, 0.15) is 49.0 Å². The van der Waals surface area contributed by atoms with Gasteiger partial charge >= 0.3 is 5.97 Å². The lowest BCUT2D eigenvalue weighted by Crippen LogP contribution is -2.27. The first-order valence-corrected chi connectivity index (χ1v) is 8.13. The van der Waals surface area contributed by atoms with E-state index in [9.17, 15) is 19.5 Å². The van der Waals surface area contributed by atoms with Gasteiger partial charge in [-0.05, 0) is 12.8 Å². The number of pyridine rings is 1. The van der Waals surface area contributed by atoms with Crippen molar-refractivity contribution < 1.29 is 19.5 Å². The largest absolute Gasteiger partial charge is 0.481 e. The molecule has 0 amide bonds. The van der Waals surface area contributed by atoms with Crippen LogP contribution in [0.15, 0.2) is 4.99 Å². The van der Waals surface area contributed by atoms with Gasteiger partial charge in [0.1, 0.15) is 29.7 Å². The lowest BCUT2D eigenvalue weighted by Gasteiger charge is -2.17. The van der Waals surface area contributed by atoms with Crippen molar-refractivity contribution in [3.8, 4) is 0 Å². The molecule has 0 radical (unpaired) electrons. The summed E-state index contributed by atoms with van der Waals surface area (Å²) in [5.74, 6) is 1.59. The number of nitrogens with one attached hydrogen (secondary N) is 1. The Bertz CT molecular complexity index is 732. The minimum absolute atomic E-state index is 0.0234. The SMILES string of the molecule is CCCC(=O)C(Cc1c(N)nc(N)c(C(=O)CC)c1N=CNN)C(=O)O. The van der Waals surface area contributed by atoms with E-state index in [4.69, 9.17) is 17.3 Å². The second-order valence-corrected chi connectivity index (χ2v) is 5.60. The van der Waals surface area contributed by atoms with Crippen LogP contribution >= 0.6 is 0 Å². The zero-order valence-corrected chi connectivity index (χ0v) is 14.8. The van der Waals surface area contributed by atoms with Gasteiger partial charge in [0.05, 0.1) is 11.3 Å². The molecule has 1 aromatic heterocycles. The van der Waals surface area contributed by atoms with Gasteiger partial charge in [-0.2, -0.15) is 0 Å². The number of hydrogen-bond donors (Lipinski definition) is 5. The van der Waals surface area contributed by atoms with Gasteiger partial charge < -0.3 is 22.0 Å². The minimum atomic E-state index is -1.33. The fourth-order valence-electron chi connectivity index (χ4n) is 2.51. The topological polar surface area (TPSA) is 187 Å². The molecule has 1 aromatic rings. The molecule has 0 spiro atoms. The number of carbonyl (C=O) groups is 3. The first kappa shape index (κ1) is 21.0. The number of nitrogen functional groups attached to an aromatic ring is 2. The number of hydrogen-bond acceptors (Lipinski definition) is 8. The lowest BCUT2D eigenvalue weighted by molar-refractivity contribution is -0.146. The van der Waals surface area contributed by atoms with Crippen molar-refractivity contribution in [1.82, 2.24) is 10.4 Å². The molecule has 0 saturated carbocycles. The standard InChI is InChI=1S/C16H24N6O4/c1-3-5-11(24)8(16(25)26)6-9-13(20-7-21-19)12(10(23)4-2)15(18)22-14(9)17/h7-8H,3-6,19H2,1-2H3,(H,25,26)(H5,17,18,20,21,22). The maximum Gasteiger partial charge on any atom is 0.314 e. The molecule has 0 bridgehead atoms. The number of ketones is 2. The van der Waals surface area contributed by atoms with Crippen LogP contribution in [0.2, 0.25) is 0 Å². The van der Waals surface area contributed by atoms with Gasteiger partial charge in [-0.1, -0.05) is 13.8 Å². The van der Waals surface area contributed by atoms with Gasteiger partial charge in [-0.3, -0.25) is 14.4 Å². The second-order valence-electron chi connectivity index (χ2n) is 5.60. The Hall–Kier alpha value is -3.01. The molecule has 8 N–H and O–H groups in total. The van der Waals surface area contributed by atoms with E-state index in [1.165, 1.54) is 0 Å². The maximum absolute atomic E-state index is 12.3. The van der Waals surface area contributed by atoms with E-state index < -0.39 is 17.7 Å². The number of aliphatic carboxylic acids is 1. The van der Waals surface area contributed by atoms with E-state index in [0.717, 1.165) is 6.34 Å². The molecule has 1 atom stereocenters. The van der Waals surface area contributed by atoms with E-state index in [-0.39, 0.29) is 53.5 Å². The smallest absolute Gasteiger partial charge is 0.314 e. The van der Waals surface area contributed by atoms with Crippen molar-refractivity contribution in [3.63, 3.8) is 0 Å². The number of hydrazine groups is 1. The van der Waals surface area contributed by atoms with Gasteiger partial charge in [-0.25, -0.2) is 15.8 Å². The molecule has 1 heterocycles. The number of aliphatic imine (C=N–C) groups is 1. The number of nitrogens with zero attached hydrogens (tertiary/aromatic N) is 2. The predicted molar refractivity (Wildman–Crippen MR) is 97.9 cm³/mol. The van der Waals surface area contributed by atoms with Crippen LogP contribution in [-0.4, -0.2) is 34.0 Å². The fraction of sp³-hybridized carbons (Fsp3) is 0.438. The monoisotopic (exact) mass is 364 g/mol. The van der Waals surface area contributed by atoms with Crippen molar-refractivity contribution in [3.05, 3.63) is 11.1 Å². The summed E-state index contributed by atoms with van der Waals surface area (Å²) in [7, 11) is 0. The lowest BCUT2D eigenvalue weighted by atomic mass is 9.90. The van der Waals surface area contributed by atoms with Crippen LogP contribution in [0, 0.1) is 5.92 Å². The summed E-state index contributed by atoms with van der Waals surface area (Å²) in [6, 6.07) is 0. The van der Waals surface area contributed by atoms with E-state index in [1.54, 1.807) is 13.8 Å². The molecule has 0 aliphatic heterocycles. The average Bonchev–Trinajstić information content (AvgIpc) is 2.58. The van der Waals surface area contributed by atoms with Gasteiger partial charge in [0.25, 0.3) is 0 Å². The molecular formula is C16H24N6O4. The van der Waals surface area contributed by atoms with Crippen molar-refractivity contribution in [2.24, 2.45) is 16.8 Å². The Morgan fingerprint density at radius 2 is 1.92 bits per heavy atom. The molecule has 10 nitrogen and oxygen atoms in total. The summed E-state index contributed by atoms with van der Waals surface area (Å²) < 4.78 is 0. The molecule has 1 rings (SSSR count). The predicted octanol–water partition coefficient (Wildman–Crippen LogP) is 0.574. The molecule has 0 aliphatic rings. The highest BCUT2D eigenvalue weighted by atomic mass is 16.4. The third kappa shape index (κ3) is 4.76. The summed E-state index contributed by atoms with van der Waals surface area (Å²) in [6.07, 6.45) is 1.61. The molecule has 1 unspecified atom stereocenters. The normalized spacial score (nSPS) is 12.1. The Balaban J connectivity index is 3.57. The zero-order valence-electron chi connectivity index (χ0n) is 14.8.